The standard InChI is InChI=1S/C26H31ClN2O4/c1-26(2,3)33-25(31)29-12-7-10-23(29)22-15-20(27)14-19-16-28(13-11-21(19)22)24(30)32-17-18-8-5-4-6-9-18/h4-6,8-9,14-15,23H,7,10-13,16-17H2,1-3H3. The molecule has 0 bridgehead atoms. The normalized spacial score (nSPS) is 18.1. The quantitative estimate of drug-likeness (QED) is 0.543. The summed E-state index contributed by atoms with van der Waals surface area (Å²) in [5.41, 5.74) is 3.66. The molecule has 0 aliphatic carbocycles. The van der Waals surface area contributed by atoms with Crippen molar-refractivity contribution < 1.29 is 19.1 Å². The number of ether oxygens (including phenoxy) is 2. The highest BCUT2D eigenvalue weighted by molar-refractivity contribution is 6.30. The lowest BCUT2D eigenvalue weighted by Crippen LogP contribution is -2.39. The van der Waals surface area contributed by atoms with E-state index in [0.29, 0.717) is 31.1 Å². The molecule has 2 aromatic rings. The molecule has 1 unspecified atom stereocenters. The number of carbonyl (C=O) groups is 2. The van der Waals surface area contributed by atoms with Crippen molar-refractivity contribution >= 4 is 23.8 Å². The van der Waals surface area contributed by atoms with Gasteiger partial charge in [-0.1, -0.05) is 41.9 Å². The third kappa shape index (κ3) is 5.61. The molecule has 1 atom stereocenters. The van der Waals surface area contributed by atoms with E-state index in [9.17, 15) is 9.59 Å². The molecular weight excluding hydrogens is 440 g/mol. The van der Waals surface area contributed by atoms with Crippen molar-refractivity contribution in [3.05, 3.63) is 69.7 Å². The topological polar surface area (TPSA) is 59.1 Å². The molecule has 1 fully saturated rings. The van der Waals surface area contributed by atoms with Gasteiger partial charge in [-0.2, -0.15) is 0 Å². The second-order valence-electron chi connectivity index (χ2n) is 9.68. The summed E-state index contributed by atoms with van der Waals surface area (Å²) in [7, 11) is 0. The molecule has 2 amide bonds. The van der Waals surface area contributed by atoms with Gasteiger partial charge >= 0.3 is 12.2 Å². The van der Waals surface area contributed by atoms with E-state index >= 15 is 0 Å². The van der Waals surface area contributed by atoms with Crippen LogP contribution in [0.4, 0.5) is 9.59 Å². The molecule has 0 saturated carbocycles. The van der Waals surface area contributed by atoms with Gasteiger partial charge in [-0.05, 0) is 74.4 Å². The molecule has 2 aliphatic rings. The molecular formula is C26H31ClN2O4. The lowest BCUT2D eigenvalue weighted by Gasteiger charge is -2.33. The number of likely N-dealkylation sites (tertiary alicyclic amines) is 1. The van der Waals surface area contributed by atoms with Crippen LogP contribution < -0.4 is 0 Å². The van der Waals surface area contributed by atoms with Crippen molar-refractivity contribution in [2.75, 3.05) is 13.1 Å². The van der Waals surface area contributed by atoms with Crippen molar-refractivity contribution in [3.63, 3.8) is 0 Å². The van der Waals surface area contributed by atoms with Gasteiger partial charge in [-0.15, -0.1) is 0 Å². The van der Waals surface area contributed by atoms with Gasteiger partial charge < -0.3 is 19.3 Å². The summed E-state index contributed by atoms with van der Waals surface area (Å²) in [6.07, 6.45) is 1.86. The van der Waals surface area contributed by atoms with E-state index in [2.05, 4.69) is 0 Å². The number of nitrogens with zero attached hydrogens (tertiary/aromatic N) is 2. The van der Waals surface area contributed by atoms with Gasteiger partial charge in [-0.25, -0.2) is 9.59 Å². The molecule has 4 rings (SSSR count). The SMILES string of the molecule is CC(C)(C)OC(=O)N1CCCC1c1cc(Cl)cc2c1CCN(C(=O)OCc1ccccc1)C2. The molecule has 0 radical (unpaired) electrons. The van der Waals surface area contributed by atoms with Gasteiger partial charge in [0.2, 0.25) is 0 Å². The zero-order valence-corrected chi connectivity index (χ0v) is 20.2. The Hall–Kier alpha value is -2.73. The Kier molecular flexibility index (Phi) is 6.84. The van der Waals surface area contributed by atoms with Crippen LogP contribution in [0.25, 0.3) is 0 Å². The summed E-state index contributed by atoms with van der Waals surface area (Å²) >= 11 is 6.49. The Morgan fingerprint density at radius 1 is 1.09 bits per heavy atom. The molecule has 176 valence electrons. The van der Waals surface area contributed by atoms with Crippen molar-refractivity contribution in [1.29, 1.82) is 0 Å². The van der Waals surface area contributed by atoms with Crippen LogP contribution in [0.2, 0.25) is 5.02 Å². The third-order valence-electron chi connectivity index (χ3n) is 6.04. The Bertz CT molecular complexity index is 1020. The first-order valence-electron chi connectivity index (χ1n) is 11.5. The van der Waals surface area contributed by atoms with Crippen molar-refractivity contribution in [2.24, 2.45) is 0 Å². The summed E-state index contributed by atoms with van der Waals surface area (Å²) in [5, 5.41) is 0.610. The zero-order valence-electron chi connectivity index (χ0n) is 19.5. The van der Waals surface area contributed by atoms with Crippen LogP contribution in [0.15, 0.2) is 42.5 Å². The zero-order chi connectivity index (χ0) is 23.6. The minimum absolute atomic E-state index is 0.0658. The lowest BCUT2D eigenvalue weighted by atomic mass is 9.90. The van der Waals surface area contributed by atoms with Crippen LogP contribution in [0.3, 0.4) is 0 Å². The van der Waals surface area contributed by atoms with Gasteiger partial charge in [0.15, 0.2) is 0 Å². The minimum atomic E-state index is -0.543. The molecule has 33 heavy (non-hydrogen) atoms. The maximum Gasteiger partial charge on any atom is 0.410 e. The molecule has 2 heterocycles. The Balaban J connectivity index is 1.49. The molecule has 1 saturated heterocycles. The van der Waals surface area contributed by atoms with Gasteiger partial charge in [-0.3, -0.25) is 0 Å². The molecule has 2 aliphatic heterocycles. The van der Waals surface area contributed by atoms with E-state index in [-0.39, 0.29) is 24.8 Å². The fourth-order valence-electron chi connectivity index (χ4n) is 4.59. The van der Waals surface area contributed by atoms with E-state index in [0.717, 1.165) is 29.5 Å². The molecule has 0 aromatic heterocycles. The highest BCUT2D eigenvalue weighted by Crippen LogP contribution is 2.39. The summed E-state index contributed by atoms with van der Waals surface area (Å²) in [5.74, 6) is 0. The second-order valence-corrected chi connectivity index (χ2v) is 10.1. The number of carbonyl (C=O) groups excluding carboxylic acids is 2. The van der Waals surface area contributed by atoms with Gasteiger partial charge in [0.05, 0.1) is 6.04 Å². The lowest BCUT2D eigenvalue weighted by molar-refractivity contribution is 0.0223. The molecule has 0 N–H and O–H groups in total. The van der Waals surface area contributed by atoms with Gasteiger partial charge in [0, 0.05) is 24.7 Å². The summed E-state index contributed by atoms with van der Waals surface area (Å²) in [6.45, 7) is 7.55. The molecule has 7 heteroatoms. The van der Waals surface area contributed by atoms with E-state index in [1.54, 1.807) is 4.90 Å². The maximum atomic E-state index is 12.8. The van der Waals surface area contributed by atoms with E-state index in [1.807, 2.05) is 68.1 Å². The van der Waals surface area contributed by atoms with Crippen molar-refractivity contribution in [2.45, 2.75) is 64.8 Å². The highest BCUT2D eigenvalue weighted by atomic mass is 35.5. The van der Waals surface area contributed by atoms with Crippen molar-refractivity contribution in [1.82, 2.24) is 9.80 Å². The smallest absolute Gasteiger partial charge is 0.410 e. The Morgan fingerprint density at radius 2 is 1.85 bits per heavy atom. The molecule has 0 spiro atoms. The number of fused-ring (bicyclic) bond motifs is 1. The summed E-state index contributed by atoms with van der Waals surface area (Å²) in [6, 6.07) is 13.5. The fourth-order valence-corrected chi connectivity index (χ4v) is 4.84. The predicted octanol–water partition coefficient (Wildman–Crippen LogP) is 6.11. The largest absolute Gasteiger partial charge is 0.445 e. The van der Waals surface area contributed by atoms with Crippen LogP contribution in [-0.4, -0.2) is 40.7 Å². The van der Waals surface area contributed by atoms with E-state index < -0.39 is 5.60 Å². The molecule has 6 nitrogen and oxygen atoms in total. The average molecular weight is 471 g/mol. The fraction of sp³-hybridized carbons (Fsp3) is 0.462. The van der Waals surface area contributed by atoms with E-state index in [4.69, 9.17) is 21.1 Å². The first kappa shape index (κ1) is 23.4. The van der Waals surface area contributed by atoms with Crippen LogP contribution in [0.1, 0.15) is 61.9 Å². The Morgan fingerprint density at radius 3 is 2.58 bits per heavy atom. The predicted molar refractivity (Wildman–Crippen MR) is 127 cm³/mol. The number of benzene rings is 2. The van der Waals surface area contributed by atoms with Crippen molar-refractivity contribution in [3.8, 4) is 0 Å². The van der Waals surface area contributed by atoms with Crippen LogP contribution in [0, 0.1) is 0 Å². The van der Waals surface area contributed by atoms with E-state index in [1.165, 1.54) is 5.56 Å². The third-order valence-corrected chi connectivity index (χ3v) is 6.26. The second kappa shape index (κ2) is 9.64. The first-order valence-corrected chi connectivity index (χ1v) is 11.9. The monoisotopic (exact) mass is 470 g/mol. The number of halogens is 1. The van der Waals surface area contributed by atoms with Crippen LogP contribution in [-0.2, 0) is 29.0 Å². The van der Waals surface area contributed by atoms with Crippen LogP contribution in [0.5, 0.6) is 0 Å². The Labute approximate surface area is 200 Å². The number of rotatable bonds is 3. The number of hydrogen-bond donors (Lipinski definition) is 0. The van der Waals surface area contributed by atoms with Gasteiger partial charge in [0.1, 0.15) is 12.2 Å². The highest BCUT2D eigenvalue weighted by Gasteiger charge is 2.36. The first-order chi connectivity index (χ1) is 15.7. The van der Waals surface area contributed by atoms with Crippen LogP contribution >= 0.6 is 11.6 Å². The van der Waals surface area contributed by atoms with Gasteiger partial charge in [0.25, 0.3) is 0 Å². The summed E-state index contributed by atoms with van der Waals surface area (Å²) < 4.78 is 11.2. The molecule has 2 aromatic carbocycles. The number of amides is 2. The average Bonchev–Trinajstić information content (AvgIpc) is 3.26. The summed E-state index contributed by atoms with van der Waals surface area (Å²) in [4.78, 5) is 29.0. The maximum absolute atomic E-state index is 12.8. The number of hydrogen-bond acceptors (Lipinski definition) is 4. The minimum Gasteiger partial charge on any atom is -0.445 e.